The highest BCUT2D eigenvalue weighted by atomic mass is 32.1. The number of anilines is 1. The molecule has 3 heterocycles. The molecule has 7 nitrogen and oxygen atoms in total. The Hall–Kier alpha value is -4.04. The Morgan fingerprint density at radius 2 is 1.75 bits per heavy atom. The number of thiazole rings is 1. The molecule has 0 saturated carbocycles. The highest BCUT2D eigenvalue weighted by Crippen LogP contribution is 2.28. The van der Waals surface area contributed by atoms with Crippen molar-refractivity contribution in [2.45, 2.75) is 13.8 Å². The number of benzene rings is 2. The third kappa shape index (κ3) is 3.95. The molecule has 0 aliphatic carbocycles. The normalized spacial score (nSPS) is 10.9. The monoisotopic (exact) mass is 442 g/mol. The van der Waals surface area contributed by atoms with Gasteiger partial charge < -0.3 is 14.3 Å². The van der Waals surface area contributed by atoms with Crippen LogP contribution < -0.4 is 5.32 Å². The summed E-state index contributed by atoms with van der Waals surface area (Å²) in [4.78, 5) is 21.4. The summed E-state index contributed by atoms with van der Waals surface area (Å²) < 4.78 is 10.6. The van der Waals surface area contributed by atoms with Gasteiger partial charge in [-0.15, -0.1) is 11.3 Å². The van der Waals surface area contributed by atoms with Gasteiger partial charge in [-0.2, -0.15) is 4.98 Å². The van der Waals surface area contributed by atoms with E-state index >= 15 is 0 Å². The Kier molecular flexibility index (Phi) is 5.12. The molecule has 0 radical (unpaired) electrons. The lowest BCUT2D eigenvalue weighted by Gasteiger charge is -2.08. The fourth-order valence-corrected chi connectivity index (χ4v) is 3.85. The summed E-state index contributed by atoms with van der Waals surface area (Å²) in [5, 5.41) is 10.0. The van der Waals surface area contributed by atoms with Crippen LogP contribution >= 0.6 is 11.3 Å². The second-order valence-corrected chi connectivity index (χ2v) is 8.28. The minimum Gasteiger partial charge on any atom is -0.459 e. The van der Waals surface area contributed by atoms with Crippen molar-refractivity contribution in [1.82, 2.24) is 15.1 Å². The average molecular weight is 443 g/mol. The summed E-state index contributed by atoms with van der Waals surface area (Å²) in [6.45, 7) is 3.90. The number of nitrogens with one attached hydrogen (secondary N) is 1. The number of carbonyl (C=O) groups excluding carboxylic acids is 1. The van der Waals surface area contributed by atoms with E-state index in [1.165, 1.54) is 6.26 Å². The van der Waals surface area contributed by atoms with Crippen LogP contribution in [0.5, 0.6) is 0 Å². The second kappa shape index (κ2) is 8.24. The molecule has 158 valence electrons. The van der Waals surface area contributed by atoms with Crippen molar-refractivity contribution in [3.05, 3.63) is 82.6 Å². The Bertz CT molecular complexity index is 1390. The van der Waals surface area contributed by atoms with Crippen molar-refractivity contribution in [3.63, 3.8) is 0 Å². The van der Waals surface area contributed by atoms with E-state index in [-0.39, 0.29) is 11.7 Å². The molecule has 1 amide bonds. The van der Waals surface area contributed by atoms with Crippen LogP contribution in [0.2, 0.25) is 0 Å². The molecule has 0 unspecified atom stereocenters. The zero-order valence-electron chi connectivity index (χ0n) is 17.3. The number of hydrogen-bond donors (Lipinski definition) is 1. The van der Waals surface area contributed by atoms with Crippen molar-refractivity contribution in [3.8, 4) is 34.1 Å². The Labute approximate surface area is 187 Å². The van der Waals surface area contributed by atoms with Gasteiger partial charge in [0.05, 0.1) is 17.0 Å². The van der Waals surface area contributed by atoms with Crippen molar-refractivity contribution in [2.24, 2.45) is 0 Å². The molecule has 5 rings (SSSR count). The van der Waals surface area contributed by atoms with Crippen molar-refractivity contribution >= 4 is 22.9 Å². The van der Waals surface area contributed by atoms with E-state index in [0.717, 1.165) is 27.4 Å². The lowest BCUT2D eigenvalue weighted by molar-refractivity contribution is 0.0996. The van der Waals surface area contributed by atoms with E-state index in [4.69, 9.17) is 8.94 Å². The van der Waals surface area contributed by atoms with Gasteiger partial charge in [-0.05, 0) is 43.7 Å². The predicted octanol–water partition coefficient (Wildman–Crippen LogP) is 5.99. The van der Waals surface area contributed by atoms with Crippen LogP contribution in [0, 0.1) is 13.8 Å². The van der Waals surface area contributed by atoms with Crippen LogP contribution in [0.3, 0.4) is 0 Å². The molecule has 0 atom stereocenters. The molecule has 32 heavy (non-hydrogen) atoms. The van der Waals surface area contributed by atoms with Crippen LogP contribution in [0.4, 0.5) is 5.69 Å². The Balaban J connectivity index is 1.38. The molecule has 0 bridgehead atoms. The van der Waals surface area contributed by atoms with Gasteiger partial charge in [0.15, 0.2) is 5.76 Å². The van der Waals surface area contributed by atoms with Crippen molar-refractivity contribution < 1.29 is 13.7 Å². The number of amides is 1. The third-order valence-corrected chi connectivity index (χ3v) is 5.74. The molecule has 2 aromatic carbocycles. The zero-order chi connectivity index (χ0) is 22.1. The van der Waals surface area contributed by atoms with E-state index in [0.29, 0.717) is 23.0 Å². The van der Waals surface area contributed by atoms with Gasteiger partial charge in [0.2, 0.25) is 5.82 Å². The van der Waals surface area contributed by atoms with Gasteiger partial charge in [0, 0.05) is 27.8 Å². The fourth-order valence-electron chi connectivity index (χ4n) is 3.23. The number of aryl methyl sites for hydroxylation is 2. The quantitative estimate of drug-likeness (QED) is 0.359. The van der Waals surface area contributed by atoms with Crippen LogP contribution in [0.1, 0.15) is 21.1 Å². The molecular formula is C24H18N4O3S. The van der Waals surface area contributed by atoms with Crippen LogP contribution in [0.15, 0.2) is 75.2 Å². The largest absolute Gasteiger partial charge is 0.459 e. The van der Waals surface area contributed by atoms with Crippen molar-refractivity contribution in [1.29, 1.82) is 0 Å². The maximum Gasteiger partial charge on any atom is 0.291 e. The number of nitrogens with zero attached hydrogens (tertiary/aromatic N) is 3. The van der Waals surface area contributed by atoms with Crippen LogP contribution in [0.25, 0.3) is 34.1 Å². The third-order valence-electron chi connectivity index (χ3n) is 4.96. The van der Waals surface area contributed by atoms with E-state index < -0.39 is 0 Å². The second-order valence-electron chi connectivity index (χ2n) is 7.21. The molecule has 0 spiro atoms. The van der Waals surface area contributed by atoms with E-state index in [9.17, 15) is 4.79 Å². The minimum atomic E-state index is -0.322. The average Bonchev–Trinajstić information content (AvgIpc) is 3.57. The van der Waals surface area contributed by atoms with Crippen molar-refractivity contribution in [2.75, 3.05) is 5.32 Å². The van der Waals surface area contributed by atoms with E-state index in [1.807, 2.05) is 55.6 Å². The predicted molar refractivity (Wildman–Crippen MR) is 122 cm³/mol. The summed E-state index contributed by atoms with van der Waals surface area (Å²) in [5.74, 6) is 0.776. The molecule has 8 heteroatoms. The van der Waals surface area contributed by atoms with Gasteiger partial charge in [-0.25, -0.2) is 4.98 Å². The molecule has 5 aromatic rings. The lowest BCUT2D eigenvalue weighted by atomic mass is 10.1. The molecule has 0 saturated heterocycles. The smallest absolute Gasteiger partial charge is 0.291 e. The number of hydrogen-bond acceptors (Lipinski definition) is 7. The minimum absolute atomic E-state index is 0.242. The first kappa shape index (κ1) is 19.9. The van der Waals surface area contributed by atoms with E-state index in [1.54, 1.807) is 29.5 Å². The SMILES string of the molecule is Cc1nc(-c2ccc(-c3noc(-c4ccc(C)c(NC(=O)c5ccco5)c4)n3)cc2)cs1. The summed E-state index contributed by atoms with van der Waals surface area (Å²) in [5.41, 5.74) is 5.09. The maximum absolute atomic E-state index is 12.3. The first-order valence-corrected chi connectivity index (χ1v) is 10.8. The topological polar surface area (TPSA) is 94.1 Å². The Morgan fingerprint density at radius 1 is 0.969 bits per heavy atom. The van der Waals surface area contributed by atoms with E-state index in [2.05, 4.69) is 20.4 Å². The van der Waals surface area contributed by atoms with Crippen LogP contribution in [-0.4, -0.2) is 21.0 Å². The zero-order valence-corrected chi connectivity index (χ0v) is 18.1. The molecule has 0 fully saturated rings. The van der Waals surface area contributed by atoms with Gasteiger partial charge >= 0.3 is 0 Å². The molecule has 3 aromatic heterocycles. The molecule has 0 aliphatic heterocycles. The standard InChI is InChI=1S/C24H18N4O3S/c1-14-5-6-18(12-19(14)26-23(29)21-4-3-11-30-21)24-27-22(28-31-24)17-9-7-16(8-10-17)20-13-32-15(2)25-20/h3-13H,1-2H3,(H,26,29). The van der Waals surface area contributed by atoms with Gasteiger partial charge in [-0.1, -0.05) is 35.5 Å². The highest BCUT2D eigenvalue weighted by molar-refractivity contribution is 7.09. The fraction of sp³-hybridized carbons (Fsp3) is 0.0833. The Morgan fingerprint density at radius 3 is 2.47 bits per heavy atom. The van der Waals surface area contributed by atoms with Gasteiger partial charge in [0.1, 0.15) is 0 Å². The molecule has 0 aliphatic rings. The first-order chi connectivity index (χ1) is 15.6. The summed E-state index contributed by atoms with van der Waals surface area (Å²) in [6, 6.07) is 16.7. The highest BCUT2D eigenvalue weighted by Gasteiger charge is 2.15. The molecule has 1 N–H and O–H groups in total. The van der Waals surface area contributed by atoms with Gasteiger partial charge in [0.25, 0.3) is 11.8 Å². The number of rotatable bonds is 5. The van der Waals surface area contributed by atoms with Gasteiger partial charge in [-0.3, -0.25) is 4.79 Å². The number of aromatic nitrogens is 3. The molecular weight excluding hydrogens is 424 g/mol. The lowest BCUT2D eigenvalue weighted by Crippen LogP contribution is -2.11. The van der Waals surface area contributed by atoms with Crippen LogP contribution in [-0.2, 0) is 0 Å². The summed E-state index contributed by atoms with van der Waals surface area (Å²) in [7, 11) is 0. The number of furan rings is 1. The summed E-state index contributed by atoms with van der Waals surface area (Å²) in [6.07, 6.45) is 1.46. The first-order valence-electron chi connectivity index (χ1n) is 9.89. The maximum atomic E-state index is 12.3. The summed E-state index contributed by atoms with van der Waals surface area (Å²) >= 11 is 1.62. The number of carbonyl (C=O) groups is 1.